The highest BCUT2D eigenvalue weighted by Crippen LogP contribution is 2.19. The third-order valence-electron chi connectivity index (χ3n) is 3.36. The van der Waals surface area contributed by atoms with Gasteiger partial charge in [-0.25, -0.2) is 4.39 Å². The molecule has 6 heteroatoms. The topological polar surface area (TPSA) is 58.2 Å². The van der Waals surface area contributed by atoms with Crippen molar-refractivity contribution < 1.29 is 14.0 Å². The summed E-state index contributed by atoms with van der Waals surface area (Å²) in [5.41, 5.74) is 2.93. The van der Waals surface area contributed by atoms with Crippen LogP contribution < -0.4 is 10.6 Å². The summed E-state index contributed by atoms with van der Waals surface area (Å²) in [7, 11) is 0. The molecule has 0 bridgehead atoms. The molecule has 2 aromatic carbocycles. The van der Waals surface area contributed by atoms with Crippen LogP contribution in [0.3, 0.4) is 0 Å². The number of benzene rings is 2. The van der Waals surface area contributed by atoms with E-state index in [1.54, 1.807) is 12.1 Å². The summed E-state index contributed by atoms with van der Waals surface area (Å²) in [5, 5.41) is 5.34. The number of aryl methyl sites for hydroxylation is 2. The van der Waals surface area contributed by atoms with Crippen molar-refractivity contribution in [2.24, 2.45) is 0 Å². The molecule has 0 saturated carbocycles. The molecule has 0 saturated heterocycles. The van der Waals surface area contributed by atoms with E-state index in [1.807, 2.05) is 32.0 Å². The van der Waals surface area contributed by atoms with E-state index in [2.05, 4.69) is 10.6 Å². The summed E-state index contributed by atoms with van der Waals surface area (Å²) in [4.78, 5) is 23.8. The minimum absolute atomic E-state index is 0.0779. The lowest BCUT2D eigenvalue weighted by Crippen LogP contribution is -2.19. The van der Waals surface area contributed by atoms with E-state index < -0.39 is 5.82 Å². The van der Waals surface area contributed by atoms with Crippen LogP contribution in [0.2, 0.25) is 0 Å². The van der Waals surface area contributed by atoms with Crippen molar-refractivity contribution in [3.05, 3.63) is 59.4 Å². The number of rotatable bonds is 6. The minimum atomic E-state index is -0.483. The maximum atomic E-state index is 13.4. The molecule has 2 amide bonds. The average molecular weight is 346 g/mol. The summed E-state index contributed by atoms with van der Waals surface area (Å²) in [6.45, 7) is 3.86. The molecule has 0 atom stereocenters. The van der Waals surface area contributed by atoms with Crippen LogP contribution in [0.1, 0.15) is 11.1 Å². The van der Waals surface area contributed by atoms with Gasteiger partial charge in [0.2, 0.25) is 11.8 Å². The quantitative estimate of drug-likeness (QED) is 0.837. The fourth-order valence-electron chi connectivity index (χ4n) is 2.17. The molecule has 0 radical (unpaired) electrons. The van der Waals surface area contributed by atoms with Gasteiger partial charge in [-0.05, 0) is 37.1 Å². The number of amides is 2. The molecule has 0 aromatic heterocycles. The van der Waals surface area contributed by atoms with E-state index in [1.165, 1.54) is 23.9 Å². The zero-order valence-corrected chi connectivity index (χ0v) is 14.4. The van der Waals surface area contributed by atoms with E-state index in [4.69, 9.17) is 0 Å². The number of nitrogens with one attached hydrogen (secondary N) is 2. The zero-order valence-electron chi connectivity index (χ0n) is 13.6. The number of thioether (sulfide) groups is 1. The van der Waals surface area contributed by atoms with Crippen LogP contribution >= 0.6 is 11.8 Å². The number of carbonyl (C=O) groups is 2. The van der Waals surface area contributed by atoms with Crippen LogP contribution in [-0.2, 0) is 9.59 Å². The van der Waals surface area contributed by atoms with Crippen molar-refractivity contribution in [2.45, 2.75) is 13.8 Å². The summed E-state index contributed by atoms with van der Waals surface area (Å²) in [6.07, 6.45) is 0. The van der Waals surface area contributed by atoms with Gasteiger partial charge in [-0.2, -0.15) is 0 Å². The van der Waals surface area contributed by atoms with Crippen LogP contribution in [0, 0.1) is 19.7 Å². The normalized spacial score (nSPS) is 10.3. The molecule has 2 rings (SSSR count). The van der Waals surface area contributed by atoms with Crippen molar-refractivity contribution in [3.8, 4) is 0 Å². The van der Waals surface area contributed by atoms with Crippen molar-refractivity contribution in [2.75, 3.05) is 22.1 Å². The Bertz CT molecular complexity index is 729. The van der Waals surface area contributed by atoms with Gasteiger partial charge in [-0.3, -0.25) is 9.59 Å². The predicted octanol–water partition coefficient (Wildman–Crippen LogP) is 3.75. The van der Waals surface area contributed by atoms with Gasteiger partial charge in [0.15, 0.2) is 0 Å². The predicted molar refractivity (Wildman–Crippen MR) is 96.9 cm³/mol. The van der Waals surface area contributed by atoms with Gasteiger partial charge >= 0.3 is 0 Å². The largest absolute Gasteiger partial charge is 0.325 e. The van der Waals surface area contributed by atoms with Crippen molar-refractivity contribution in [3.63, 3.8) is 0 Å². The number of anilines is 2. The second-order valence-electron chi connectivity index (χ2n) is 5.34. The molecule has 0 spiro atoms. The molecule has 2 aromatic rings. The number of para-hydroxylation sites is 2. The van der Waals surface area contributed by atoms with E-state index in [0.29, 0.717) is 0 Å². The highest BCUT2D eigenvalue weighted by atomic mass is 32.2. The molecule has 0 aliphatic heterocycles. The summed E-state index contributed by atoms with van der Waals surface area (Å²) < 4.78 is 13.4. The molecular formula is C18H19FN2O2S. The lowest BCUT2D eigenvalue weighted by molar-refractivity contribution is -0.114. The van der Waals surface area contributed by atoms with Gasteiger partial charge in [0.1, 0.15) is 5.82 Å². The Morgan fingerprint density at radius 1 is 0.917 bits per heavy atom. The van der Waals surface area contributed by atoms with Crippen LogP contribution in [-0.4, -0.2) is 23.3 Å². The molecule has 0 aliphatic rings. The number of halogens is 1. The molecular weight excluding hydrogens is 327 g/mol. The fourth-order valence-corrected chi connectivity index (χ4v) is 2.79. The van der Waals surface area contributed by atoms with Gasteiger partial charge in [-0.15, -0.1) is 11.8 Å². The fraction of sp³-hybridized carbons (Fsp3) is 0.222. The Labute approximate surface area is 144 Å². The second kappa shape index (κ2) is 8.49. The first kappa shape index (κ1) is 18.0. The lowest BCUT2D eigenvalue weighted by Gasteiger charge is -2.11. The second-order valence-corrected chi connectivity index (χ2v) is 6.32. The Balaban J connectivity index is 1.78. The molecule has 0 heterocycles. The Kier molecular flexibility index (Phi) is 6.37. The van der Waals surface area contributed by atoms with Crippen LogP contribution in [0.4, 0.5) is 15.8 Å². The Morgan fingerprint density at radius 3 is 2.12 bits per heavy atom. The summed E-state index contributed by atoms with van der Waals surface area (Å²) >= 11 is 1.18. The molecule has 24 heavy (non-hydrogen) atoms. The Morgan fingerprint density at radius 2 is 1.50 bits per heavy atom. The van der Waals surface area contributed by atoms with E-state index in [9.17, 15) is 14.0 Å². The highest BCUT2D eigenvalue weighted by molar-refractivity contribution is 8.00. The van der Waals surface area contributed by atoms with Gasteiger partial charge in [0.25, 0.3) is 0 Å². The van der Waals surface area contributed by atoms with Gasteiger partial charge in [0, 0.05) is 5.69 Å². The van der Waals surface area contributed by atoms with Gasteiger partial charge < -0.3 is 10.6 Å². The summed E-state index contributed by atoms with van der Waals surface area (Å²) in [6, 6.07) is 11.8. The summed E-state index contributed by atoms with van der Waals surface area (Å²) in [5.74, 6) is -0.767. The third-order valence-corrected chi connectivity index (χ3v) is 4.29. The monoisotopic (exact) mass is 346 g/mol. The first-order chi connectivity index (χ1) is 11.5. The SMILES string of the molecule is Cc1cccc(C)c1NC(=O)CSCC(=O)Nc1ccccc1F. The van der Waals surface area contributed by atoms with Crippen molar-refractivity contribution in [1.82, 2.24) is 0 Å². The Hall–Kier alpha value is -2.34. The van der Waals surface area contributed by atoms with Gasteiger partial charge in [-0.1, -0.05) is 30.3 Å². The van der Waals surface area contributed by atoms with E-state index in [-0.39, 0.29) is 29.0 Å². The minimum Gasteiger partial charge on any atom is -0.325 e. The van der Waals surface area contributed by atoms with Crippen molar-refractivity contribution in [1.29, 1.82) is 0 Å². The first-order valence-corrected chi connectivity index (χ1v) is 8.61. The van der Waals surface area contributed by atoms with Crippen LogP contribution in [0.15, 0.2) is 42.5 Å². The zero-order chi connectivity index (χ0) is 17.5. The first-order valence-electron chi connectivity index (χ1n) is 7.45. The van der Waals surface area contributed by atoms with Crippen molar-refractivity contribution >= 4 is 35.0 Å². The maximum absolute atomic E-state index is 13.4. The highest BCUT2D eigenvalue weighted by Gasteiger charge is 2.10. The number of hydrogen-bond acceptors (Lipinski definition) is 3. The molecule has 126 valence electrons. The molecule has 2 N–H and O–H groups in total. The van der Waals surface area contributed by atoms with Crippen LogP contribution in [0.25, 0.3) is 0 Å². The third kappa shape index (κ3) is 5.09. The lowest BCUT2D eigenvalue weighted by atomic mass is 10.1. The van der Waals surface area contributed by atoms with Gasteiger partial charge in [0.05, 0.1) is 17.2 Å². The molecule has 0 aliphatic carbocycles. The standard InChI is InChI=1S/C18H19FN2O2S/c1-12-6-5-7-13(2)18(12)21-17(23)11-24-10-16(22)20-15-9-4-3-8-14(15)19/h3-9H,10-11H2,1-2H3,(H,20,22)(H,21,23). The van der Waals surface area contributed by atoms with E-state index >= 15 is 0 Å². The maximum Gasteiger partial charge on any atom is 0.234 e. The smallest absolute Gasteiger partial charge is 0.234 e. The molecule has 0 unspecified atom stereocenters. The number of carbonyl (C=O) groups excluding carboxylic acids is 2. The molecule has 0 fully saturated rings. The average Bonchev–Trinajstić information content (AvgIpc) is 2.53. The van der Waals surface area contributed by atoms with Crippen LogP contribution in [0.5, 0.6) is 0 Å². The molecule has 4 nitrogen and oxygen atoms in total. The van der Waals surface area contributed by atoms with E-state index in [0.717, 1.165) is 16.8 Å². The number of hydrogen-bond donors (Lipinski definition) is 2.